The molecular formula is C14H20ClNO2. The molecule has 0 amide bonds. The third-order valence-corrected chi connectivity index (χ3v) is 2.60. The van der Waals surface area contributed by atoms with Gasteiger partial charge in [0.05, 0.1) is 6.10 Å². The van der Waals surface area contributed by atoms with E-state index >= 15 is 0 Å². The highest BCUT2D eigenvalue weighted by Gasteiger charge is 2.06. The summed E-state index contributed by atoms with van der Waals surface area (Å²) in [6, 6.07) is 7.97. The maximum Gasteiger partial charge on any atom is 0.123 e. The van der Waals surface area contributed by atoms with Crippen molar-refractivity contribution in [3.05, 3.63) is 41.4 Å². The molecule has 0 bridgehead atoms. The number of halogens is 1. The summed E-state index contributed by atoms with van der Waals surface area (Å²) in [5.74, 6) is 0.767. The molecule has 2 atom stereocenters. The van der Waals surface area contributed by atoms with Crippen molar-refractivity contribution in [2.24, 2.45) is 0 Å². The Balaban J connectivity index is 2.51. The Morgan fingerprint density at radius 1 is 1.39 bits per heavy atom. The molecule has 2 unspecified atom stereocenters. The van der Waals surface area contributed by atoms with Gasteiger partial charge in [-0.25, -0.2) is 0 Å². The summed E-state index contributed by atoms with van der Waals surface area (Å²) >= 11 is 5.63. The normalized spacial score (nSPS) is 14.0. The van der Waals surface area contributed by atoms with Crippen molar-refractivity contribution in [3.63, 3.8) is 0 Å². The van der Waals surface area contributed by atoms with Crippen LogP contribution in [0.5, 0.6) is 5.75 Å². The fraction of sp³-hybridized carbons (Fsp3) is 0.429. The number of ether oxygens (including phenoxy) is 1. The number of aliphatic hydroxyl groups is 1. The molecule has 0 heterocycles. The smallest absolute Gasteiger partial charge is 0.123 e. The Hall–Kier alpha value is -1.03. The molecule has 1 rings (SSSR count). The van der Waals surface area contributed by atoms with Gasteiger partial charge in [-0.05, 0) is 31.5 Å². The average Bonchev–Trinajstić information content (AvgIpc) is 2.34. The number of rotatable bonds is 7. The number of nitrogens with one attached hydrogen (secondary N) is 1. The Kier molecular flexibility index (Phi) is 6.19. The zero-order valence-electron chi connectivity index (χ0n) is 10.8. The Labute approximate surface area is 113 Å². The van der Waals surface area contributed by atoms with Crippen LogP contribution in [0.15, 0.2) is 35.9 Å². The lowest BCUT2D eigenvalue weighted by atomic mass is 10.1. The molecule has 1 aromatic carbocycles. The summed E-state index contributed by atoms with van der Waals surface area (Å²) in [7, 11) is 0. The third kappa shape index (κ3) is 5.54. The van der Waals surface area contributed by atoms with E-state index < -0.39 is 0 Å². The molecule has 0 fully saturated rings. The van der Waals surface area contributed by atoms with Gasteiger partial charge in [0.15, 0.2) is 0 Å². The zero-order valence-corrected chi connectivity index (χ0v) is 11.6. The summed E-state index contributed by atoms with van der Waals surface area (Å²) in [4.78, 5) is 0. The van der Waals surface area contributed by atoms with Gasteiger partial charge < -0.3 is 15.2 Å². The fourth-order valence-corrected chi connectivity index (χ4v) is 1.53. The minimum atomic E-state index is -0.343. The highest BCUT2D eigenvalue weighted by atomic mass is 35.5. The van der Waals surface area contributed by atoms with E-state index in [-0.39, 0.29) is 12.1 Å². The highest BCUT2D eigenvalue weighted by molar-refractivity contribution is 6.29. The Morgan fingerprint density at radius 2 is 2.00 bits per heavy atom. The maximum atomic E-state index is 9.21. The third-order valence-electron chi connectivity index (χ3n) is 2.50. The van der Waals surface area contributed by atoms with Gasteiger partial charge in [-0.1, -0.05) is 30.3 Å². The molecule has 0 saturated carbocycles. The SMILES string of the molecule is C=C(Cl)COc1ccc(C(C)NCC(C)O)cc1. The first-order valence-corrected chi connectivity index (χ1v) is 6.34. The molecule has 2 N–H and O–H groups in total. The molecule has 0 aromatic heterocycles. The molecule has 100 valence electrons. The molecule has 3 nitrogen and oxygen atoms in total. The van der Waals surface area contributed by atoms with E-state index in [0.29, 0.717) is 18.2 Å². The second kappa shape index (κ2) is 7.41. The maximum absolute atomic E-state index is 9.21. The van der Waals surface area contributed by atoms with E-state index in [1.165, 1.54) is 0 Å². The molecule has 18 heavy (non-hydrogen) atoms. The highest BCUT2D eigenvalue weighted by Crippen LogP contribution is 2.18. The predicted molar refractivity (Wildman–Crippen MR) is 75.0 cm³/mol. The van der Waals surface area contributed by atoms with Crippen LogP contribution in [0.3, 0.4) is 0 Å². The van der Waals surface area contributed by atoms with Crippen LogP contribution < -0.4 is 10.1 Å². The quantitative estimate of drug-likeness (QED) is 0.800. The van der Waals surface area contributed by atoms with Crippen molar-refractivity contribution in [2.45, 2.75) is 26.0 Å². The van der Waals surface area contributed by atoms with Crippen LogP contribution >= 0.6 is 11.6 Å². The number of hydrogen-bond donors (Lipinski definition) is 2. The largest absolute Gasteiger partial charge is 0.488 e. The lowest BCUT2D eigenvalue weighted by Gasteiger charge is -2.16. The van der Waals surface area contributed by atoms with Gasteiger partial charge in [-0.3, -0.25) is 0 Å². The summed E-state index contributed by atoms with van der Waals surface area (Å²) < 4.78 is 5.41. The standard InChI is InChI=1S/C14H20ClNO2/c1-10(15)9-18-14-6-4-13(5-7-14)12(3)16-8-11(2)17/h4-7,11-12,16-17H,1,8-9H2,2-3H3. The van der Waals surface area contributed by atoms with Crippen LogP contribution in [-0.2, 0) is 0 Å². The first-order valence-electron chi connectivity index (χ1n) is 5.96. The molecular weight excluding hydrogens is 250 g/mol. The van der Waals surface area contributed by atoms with Crippen LogP contribution in [0.1, 0.15) is 25.5 Å². The van der Waals surface area contributed by atoms with Crippen LogP contribution in [-0.4, -0.2) is 24.4 Å². The van der Waals surface area contributed by atoms with E-state index in [1.807, 2.05) is 24.3 Å². The van der Waals surface area contributed by atoms with E-state index in [4.69, 9.17) is 16.3 Å². The molecule has 0 aliphatic carbocycles. The van der Waals surface area contributed by atoms with Gasteiger partial charge in [0.2, 0.25) is 0 Å². The second-order valence-corrected chi connectivity index (χ2v) is 4.89. The van der Waals surface area contributed by atoms with Crippen LogP contribution in [0.4, 0.5) is 0 Å². The van der Waals surface area contributed by atoms with Crippen LogP contribution in [0.25, 0.3) is 0 Å². The van der Waals surface area contributed by atoms with E-state index in [2.05, 4.69) is 18.8 Å². The van der Waals surface area contributed by atoms with Gasteiger partial charge in [0, 0.05) is 17.6 Å². The molecule has 4 heteroatoms. The average molecular weight is 270 g/mol. The van der Waals surface area contributed by atoms with Crippen molar-refractivity contribution in [2.75, 3.05) is 13.2 Å². The first-order chi connectivity index (χ1) is 8.49. The van der Waals surface area contributed by atoms with E-state index in [0.717, 1.165) is 11.3 Å². The van der Waals surface area contributed by atoms with Crippen molar-refractivity contribution in [3.8, 4) is 5.75 Å². The first kappa shape index (κ1) is 15.0. The van der Waals surface area contributed by atoms with E-state index in [9.17, 15) is 5.11 Å². The van der Waals surface area contributed by atoms with Crippen molar-refractivity contribution in [1.82, 2.24) is 5.32 Å². The van der Waals surface area contributed by atoms with Crippen molar-refractivity contribution >= 4 is 11.6 Å². The van der Waals surface area contributed by atoms with Gasteiger partial charge in [0.25, 0.3) is 0 Å². The van der Waals surface area contributed by atoms with Gasteiger partial charge in [0.1, 0.15) is 12.4 Å². The second-order valence-electron chi connectivity index (χ2n) is 4.35. The molecule has 1 aromatic rings. The fourth-order valence-electron chi connectivity index (χ4n) is 1.48. The minimum absolute atomic E-state index is 0.191. The monoisotopic (exact) mass is 269 g/mol. The topological polar surface area (TPSA) is 41.5 Å². The summed E-state index contributed by atoms with van der Waals surface area (Å²) in [5.41, 5.74) is 1.15. The zero-order chi connectivity index (χ0) is 13.5. The predicted octanol–water partition coefficient (Wildman–Crippen LogP) is 2.85. The van der Waals surface area contributed by atoms with Crippen LogP contribution in [0, 0.1) is 0 Å². The van der Waals surface area contributed by atoms with Crippen LogP contribution in [0.2, 0.25) is 0 Å². The molecule has 0 aliphatic rings. The van der Waals surface area contributed by atoms with Gasteiger partial charge in [-0.15, -0.1) is 0 Å². The van der Waals surface area contributed by atoms with E-state index in [1.54, 1.807) is 6.92 Å². The van der Waals surface area contributed by atoms with Crippen molar-refractivity contribution in [1.29, 1.82) is 0 Å². The number of hydrogen-bond acceptors (Lipinski definition) is 3. The van der Waals surface area contributed by atoms with Gasteiger partial charge >= 0.3 is 0 Å². The van der Waals surface area contributed by atoms with Crippen molar-refractivity contribution < 1.29 is 9.84 Å². The minimum Gasteiger partial charge on any atom is -0.488 e. The lowest BCUT2D eigenvalue weighted by molar-refractivity contribution is 0.187. The summed E-state index contributed by atoms with van der Waals surface area (Å²) in [5, 5.41) is 12.9. The van der Waals surface area contributed by atoms with Gasteiger partial charge in [-0.2, -0.15) is 0 Å². The molecule has 0 aliphatic heterocycles. The Morgan fingerprint density at radius 3 is 2.50 bits per heavy atom. The lowest BCUT2D eigenvalue weighted by Crippen LogP contribution is -2.27. The summed E-state index contributed by atoms with van der Waals surface area (Å²) in [6.07, 6.45) is -0.343. The molecule has 0 spiro atoms. The Bertz CT molecular complexity index is 376. The molecule has 0 saturated heterocycles. The number of benzene rings is 1. The molecule has 0 radical (unpaired) electrons. The number of aliphatic hydroxyl groups excluding tert-OH is 1. The summed E-state index contributed by atoms with van der Waals surface area (Å²) in [6.45, 7) is 8.27.